The Labute approximate surface area is 70.0 Å². The van der Waals surface area contributed by atoms with Gasteiger partial charge in [-0.3, -0.25) is 0 Å². The first-order valence-corrected chi connectivity index (χ1v) is 4.63. The van der Waals surface area contributed by atoms with Gasteiger partial charge in [-0.25, -0.2) is 0 Å². The summed E-state index contributed by atoms with van der Waals surface area (Å²) in [5.41, 5.74) is 0. The summed E-state index contributed by atoms with van der Waals surface area (Å²) in [5.74, 6) is 0.769. The third kappa shape index (κ3) is 2.46. The van der Waals surface area contributed by atoms with Crippen molar-refractivity contribution in [2.24, 2.45) is 5.92 Å². The van der Waals surface area contributed by atoms with Gasteiger partial charge < -0.3 is 10.2 Å². The van der Waals surface area contributed by atoms with Crippen LogP contribution in [0.25, 0.3) is 0 Å². The minimum atomic E-state index is 0.734. The average Bonchev–Trinajstić information content (AvgIpc) is 2.13. The second-order valence-electron chi connectivity index (χ2n) is 3.85. The van der Waals surface area contributed by atoms with Crippen molar-refractivity contribution in [2.75, 3.05) is 26.7 Å². The van der Waals surface area contributed by atoms with Crippen LogP contribution < -0.4 is 5.32 Å². The zero-order valence-electron chi connectivity index (χ0n) is 7.93. The predicted octanol–water partition coefficient (Wildman–Crippen LogP) is 0.936. The van der Waals surface area contributed by atoms with Crippen LogP contribution in [0.2, 0.25) is 0 Å². The van der Waals surface area contributed by atoms with Gasteiger partial charge in [-0.1, -0.05) is 13.8 Å². The van der Waals surface area contributed by atoms with Gasteiger partial charge in [0.1, 0.15) is 0 Å². The summed E-state index contributed by atoms with van der Waals surface area (Å²) in [6.45, 7) is 8.19. The molecule has 1 heterocycles. The van der Waals surface area contributed by atoms with Gasteiger partial charge in [0.05, 0.1) is 0 Å². The van der Waals surface area contributed by atoms with E-state index in [1.807, 2.05) is 0 Å². The van der Waals surface area contributed by atoms with Gasteiger partial charge in [0.15, 0.2) is 0 Å². The van der Waals surface area contributed by atoms with Crippen molar-refractivity contribution in [3.05, 3.63) is 0 Å². The molecule has 0 saturated carbocycles. The third-order valence-corrected chi connectivity index (χ3v) is 2.55. The summed E-state index contributed by atoms with van der Waals surface area (Å²) in [5, 5.41) is 3.47. The standard InChI is InChI=1S/C9H20N2/c1-8(2)9-7-10-5-4-6-11(9)3/h8-10H,4-7H2,1-3H3. The van der Waals surface area contributed by atoms with Gasteiger partial charge in [0.2, 0.25) is 0 Å². The minimum absolute atomic E-state index is 0.734. The lowest BCUT2D eigenvalue weighted by Gasteiger charge is -2.28. The molecule has 2 nitrogen and oxygen atoms in total. The van der Waals surface area contributed by atoms with E-state index in [1.54, 1.807) is 0 Å². The molecule has 0 aliphatic carbocycles. The molecule has 1 rings (SSSR count). The number of rotatable bonds is 1. The van der Waals surface area contributed by atoms with Crippen LogP contribution in [0.3, 0.4) is 0 Å². The molecule has 1 N–H and O–H groups in total. The van der Waals surface area contributed by atoms with Gasteiger partial charge >= 0.3 is 0 Å². The fourth-order valence-corrected chi connectivity index (χ4v) is 1.77. The maximum absolute atomic E-state index is 3.47. The largest absolute Gasteiger partial charge is 0.315 e. The first-order valence-electron chi connectivity index (χ1n) is 4.63. The van der Waals surface area contributed by atoms with Crippen LogP contribution in [-0.2, 0) is 0 Å². The molecule has 1 atom stereocenters. The second kappa shape index (κ2) is 4.07. The van der Waals surface area contributed by atoms with Crippen molar-refractivity contribution in [1.82, 2.24) is 10.2 Å². The lowest BCUT2D eigenvalue weighted by molar-refractivity contribution is 0.206. The smallest absolute Gasteiger partial charge is 0.0240 e. The number of hydrogen-bond acceptors (Lipinski definition) is 2. The Morgan fingerprint density at radius 1 is 1.45 bits per heavy atom. The highest BCUT2D eigenvalue weighted by Crippen LogP contribution is 2.10. The van der Waals surface area contributed by atoms with Crippen molar-refractivity contribution in [2.45, 2.75) is 26.3 Å². The van der Waals surface area contributed by atoms with E-state index in [0.29, 0.717) is 0 Å². The highest BCUT2D eigenvalue weighted by atomic mass is 15.2. The molecule has 1 aliphatic heterocycles. The maximum Gasteiger partial charge on any atom is 0.0240 e. The summed E-state index contributed by atoms with van der Waals surface area (Å²) in [7, 11) is 2.23. The van der Waals surface area contributed by atoms with Gasteiger partial charge in [0, 0.05) is 12.6 Å². The number of hydrogen-bond donors (Lipinski definition) is 1. The third-order valence-electron chi connectivity index (χ3n) is 2.55. The predicted molar refractivity (Wildman–Crippen MR) is 48.7 cm³/mol. The van der Waals surface area contributed by atoms with Crippen LogP contribution in [0.15, 0.2) is 0 Å². The van der Waals surface area contributed by atoms with E-state index < -0.39 is 0 Å². The molecule has 0 radical (unpaired) electrons. The van der Waals surface area contributed by atoms with Crippen LogP contribution in [0.4, 0.5) is 0 Å². The molecule has 1 saturated heterocycles. The van der Waals surface area contributed by atoms with Crippen molar-refractivity contribution >= 4 is 0 Å². The molecule has 0 aromatic carbocycles. The van der Waals surface area contributed by atoms with E-state index in [0.717, 1.165) is 18.5 Å². The lowest BCUT2D eigenvalue weighted by Crippen LogP contribution is -2.40. The Bertz CT molecular complexity index is 112. The molecule has 0 bridgehead atoms. The highest BCUT2D eigenvalue weighted by molar-refractivity contribution is 4.77. The summed E-state index contributed by atoms with van der Waals surface area (Å²) in [6.07, 6.45) is 1.29. The van der Waals surface area contributed by atoms with Crippen LogP contribution in [0.5, 0.6) is 0 Å². The SMILES string of the molecule is CC(C)C1CNCCCN1C. The van der Waals surface area contributed by atoms with E-state index in [2.05, 4.69) is 31.1 Å². The van der Waals surface area contributed by atoms with Crippen LogP contribution >= 0.6 is 0 Å². The van der Waals surface area contributed by atoms with E-state index in [-0.39, 0.29) is 0 Å². The van der Waals surface area contributed by atoms with E-state index in [9.17, 15) is 0 Å². The van der Waals surface area contributed by atoms with Gasteiger partial charge in [0.25, 0.3) is 0 Å². The van der Waals surface area contributed by atoms with Crippen LogP contribution in [0, 0.1) is 5.92 Å². The van der Waals surface area contributed by atoms with E-state index >= 15 is 0 Å². The molecule has 1 aliphatic rings. The number of likely N-dealkylation sites (N-methyl/N-ethyl adjacent to an activating group) is 1. The van der Waals surface area contributed by atoms with Gasteiger partial charge in [-0.05, 0) is 32.5 Å². The molecule has 2 heteroatoms. The Morgan fingerprint density at radius 2 is 2.18 bits per heavy atom. The quantitative estimate of drug-likeness (QED) is 0.608. The Balaban J connectivity index is 2.45. The van der Waals surface area contributed by atoms with Crippen molar-refractivity contribution < 1.29 is 0 Å². The summed E-state index contributed by atoms with van der Waals surface area (Å²) < 4.78 is 0. The van der Waals surface area contributed by atoms with Gasteiger partial charge in [-0.15, -0.1) is 0 Å². The second-order valence-corrected chi connectivity index (χ2v) is 3.85. The van der Waals surface area contributed by atoms with Crippen molar-refractivity contribution in [3.8, 4) is 0 Å². The number of nitrogens with zero attached hydrogens (tertiary/aromatic N) is 1. The van der Waals surface area contributed by atoms with Crippen LogP contribution in [0.1, 0.15) is 20.3 Å². The molecule has 0 aromatic rings. The molecule has 0 spiro atoms. The van der Waals surface area contributed by atoms with E-state index in [1.165, 1.54) is 19.5 Å². The maximum atomic E-state index is 3.47. The Kier molecular flexibility index (Phi) is 3.34. The molecule has 1 fully saturated rings. The number of nitrogens with one attached hydrogen (secondary N) is 1. The molecular formula is C9H20N2. The minimum Gasteiger partial charge on any atom is -0.315 e. The Morgan fingerprint density at radius 3 is 2.82 bits per heavy atom. The fraction of sp³-hybridized carbons (Fsp3) is 1.00. The Hall–Kier alpha value is -0.0800. The normalized spacial score (nSPS) is 28.9. The average molecular weight is 156 g/mol. The summed E-state index contributed by atoms with van der Waals surface area (Å²) in [6, 6.07) is 0.734. The molecule has 0 amide bonds. The molecule has 0 aromatic heterocycles. The summed E-state index contributed by atoms with van der Waals surface area (Å²) >= 11 is 0. The van der Waals surface area contributed by atoms with E-state index in [4.69, 9.17) is 0 Å². The van der Waals surface area contributed by atoms with Crippen molar-refractivity contribution in [3.63, 3.8) is 0 Å². The fourth-order valence-electron chi connectivity index (χ4n) is 1.77. The highest BCUT2D eigenvalue weighted by Gasteiger charge is 2.19. The molecular weight excluding hydrogens is 136 g/mol. The monoisotopic (exact) mass is 156 g/mol. The first kappa shape index (κ1) is 9.01. The molecule has 1 unspecified atom stereocenters. The lowest BCUT2D eigenvalue weighted by atomic mass is 10.0. The topological polar surface area (TPSA) is 15.3 Å². The summed E-state index contributed by atoms with van der Waals surface area (Å²) in [4.78, 5) is 2.48. The zero-order valence-corrected chi connectivity index (χ0v) is 7.93. The first-order chi connectivity index (χ1) is 5.22. The van der Waals surface area contributed by atoms with Gasteiger partial charge in [-0.2, -0.15) is 0 Å². The zero-order chi connectivity index (χ0) is 8.27. The molecule has 11 heavy (non-hydrogen) atoms. The van der Waals surface area contributed by atoms with Crippen molar-refractivity contribution in [1.29, 1.82) is 0 Å². The van der Waals surface area contributed by atoms with Crippen LogP contribution in [-0.4, -0.2) is 37.6 Å². The molecule has 66 valence electrons.